The van der Waals surface area contributed by atoms with Crippen molar-refractivity contribution in [2.24, 2.45) is 11.7 Å². The van der Waals surface area contributed by atoms with Gasteiger partial charge in [-0.3, -0.25) is 0 Å². The third-order valence-corrected chi connectivity index (χ3v) is 4.15. The van der Waals surface area contributed by atoms with Gasteiger partial charge in [0, 0.05) is 6.54 Å². The molecule has 1 fully saturated rings. The Kier molecular flexibility index (Phi) is 4.38. The smallest absolute Gasteiger partial charge is 0.0958 e. The van der Waals surface area contributed by atoms with E-state index < -0.39 is 0 Å². The van der Waals surface area contributed by atoms with Crippen LogP contribution in [-0.4, -0.2) is 12.6 Å². The number of hydrogen-bond acceptors (Lipinski definition) is 3. The lowest BCUT2D eigenvalue weighted by Gasteiger charge is -2.29. The van der Waals surface area contributed by atoms with E-state index in [2.05, 4.69) is 23.8 Å². The Balaban J connectivity index is 1.87. The van der Waals surface area contributed by atoms with Crippen LogP contribution in [0.25, 0.3) is 0 Å². The van der Waals surface area contributed by atoms with E-state index in [9.17, 15) is 0 Å². The summed E-state index contributed by atoms with van der Waals surface area (Å²) in [6.07, 6.45) is 5.51. The fraction of sp³-hybridized carbons (Fsp3) is 0.692. The molecule has 1 heterocycles. The topological polar surface area (TPSA) is 35.2 Å². The zero-order chi connectivity index (χ0) is 11.4. The first-order chi connectivity index (χ1) is 7.79. The summed E-state index contributed by atoms with van der Waals surface area (Å²) >= 11 is 1.71. The third-order valence-electron chi connectivity index (χ3n) is 3.45. The molecule has 0 spiro atoms. The zero-order valence-corrected chi connectivity index (χ0v) is 10.7. The predicted octanol–water partition coefficient (Wildman–Crippen LogP) is 3.34. The van der Waals surface area contributed by atoms with Gasteiger partial charge in [-0.2, -0.15) is 11.3 Å². The van der Waals surface area contributed by atoms with Crippen molar-refractivity contribution in [3.8, 4) is 0 Å². The van der Waals surface area contributed by atoms with Crippen molar-refractivity contribution in [1.29, 1.82) is 0 Å². The molecule has 3 heteroatoms. The zero-order valence-electron chi connectivity index (χ0n) is 9.89. The van der Waals surface area contributed by atoms with Gasteiger partial charge in [0.2, 0.25) is 0 Å². The van der Waals surface area contributed by atoms with E-state index in [1.54, 1.807) is 11.3 Å². The van der Waals surface area contributed by atoms with Gasteiger partial charge in [0.15, 0.2) is 0 Å². The van der Waals surface area contributed by atoms with Crippen LogP contribution >= 0.6 is 11.3 Å². The van der Waals surface area contributed by atoms with E-state index >= 15 is 0 Å². The highest BCUT2D eigenvalue weighted by molar-refractivity contribution is 7.07. The average molecular weight is 239 g/mol. The Morgan fingerprint density at radius 3 is 2.75 bits per heavy atom. The van der Waals surface area contributed by atoms with Gasteiger partial charge in [0.1, 0.15) is 0 Å². The number of ether oxygens (including phenoxy) is 1. The maximum Gasteiger partial charge on any atom is 0.0958 e. The highest BCUT2D eigenvalue weighted by Crippen LogP contribution is 2.30. The van der Waals surface area contributed by atoms with E-state index in [0.717, 1.165) is 5.92 Å². The van der Waals surface area contributed by atoms with Crippen molar-refractivity contribution in [1.82, 2.24) is 0 Å². The SMILES string of the molecule is CC1CCC(OC(CN)c2ccsc2)CC1. The second kappa shape index (κ2) is 5.80. The predicted molar refractivity (Wildman–Crippen MR) is 68.6 cm³/mol. The second-order valence-corrected chi connectivity index (χ2v) is 5.58. The van der Waals surface area contributed by atoms with Crippen LogP contribution in [0.1, 0.15) is 44.3 Å². The summed E-state index contributed by atoms with van der Waals surface area (Å²) in [5, 5.41) is 4.23. The Morgan fingerprint density at radius 2 is 2.19 bits per heavy atom. The Morgan fingerprint density at radius 1 is 1.44 bits per heavy atom. The molecular formula is C13H21NOS. The van der Waals surface area contributed by atoms with E-state index in [1.807, 2.05) is 0 Å². The van der Waals surface area contributed by atoms with Gasteiger partial charge in [0.25, 0.3) is 0 Å². The summed E-state index contributed by atoms with van der Waals surface area (Å²) in [6.45, 7) is 2.91. The highest BCUT2D eigenvalue weighted by Gasteiger charge is 2.22. The summed E-state index contributed by atoms with van der Waals surface area (Å²) in [7, 11) is 0. The molecular weight excluding hydrogens is 218 g/mol. The number of rotatable bonds is 4. The minimum atomic E-state index is 0.102. The molecule has 0 aliphatic heterocycles. The normalized spacial score (nSPS) is 27.9. The highest BCUT2D eigenvalue weighted by atomic mass is 32.1. The second-order valence-electron chi connectivity index (χ2n) is 4.80. The van der Waals surface area contributed by atoms with Gasteiger partial charge in [-0.15, -0.1) is 0 Å². The molecule has 1 unspecified atom stereocenters. The van der Waals surface area contributed by atoms with Gasteiger partial charge < -0.3 is 10.5 Å². The first kappa shape index (κ1) is 12.1. The molecule has 1 aliphatic carbocycles. The molecule has 0 bridgehead atoms. The van der Waals surface area contributed by atoms with Gasteiger partial charge in [0.05, 0.1) is 12.2 Å². The molecule has 1 aromatic heterocycles. The van der Waals surface area contributed by atoms with Gasteiger partial charge >= 0.3 is 0 Å². The van der Waals surface area contributed by atoms with E-state index in [1.165, 1.54) is 31.2 Å². The molecule has 1 atom stereocenters. The van der Waals surface area contributed by atoms with Crippen molar-refractivity contribution in [3.63, 3.8) is 0 Å². The van der Waals surface area contributed by atoms with E-state index in [-0.39, 0.29) is 6.10 Å². The maximum absolute atomic E-state index is 6.11. The molecule has 1 saturated carbocycles. The van der Waals surface area contributed by atoms with Crippen LogP contribution < -0.4 is 5.73 Å². The Bertz CT molecular complexity index is 291. The number of thiophene rings is 1. The lowest BCUT2D eigenvalue weighted by Crippen LogP contribution is -2.26. The summed E-state index contributed by atoms with van der Waals surface area (Å²) in [5.41, 5.74) is 7.03. The molecule has 0 radical (unpaired) electrons. The molecule has 16 heavy (non-hydrogen) atoms. The van der Waals surface area contributed by atoms with Crippen LogP contribution in [0.2, 0.25) is 0 Å². The van der Waals surface area contributed by atoms with Crippen LogP contribution in [0.3, 0.4) is 0 Å². The van der Waals surface area contributed by atoms with Crippen LogP contribution in [0.15, 0.2) is 16.8 Å². The molecule has 1 aromatic rings. The largest absolute Gasteiger partial charge is 0.369 e. The molecule has 0 saturated heterocycles. The van der Waals surface area contributed by atoms with Crippen LogP contribution in [0, 0.1) is 5.92 Å². The monoisotopic (exact) mass is 239 g/mol. The van der Waals surface area contributed by atoms with Crippen LogP contribution in [0.5, 0.6) is 0 Å². The first-order valence-electron chi connectivity index (χ1n) is 6.17. The van der Waals surface area contributed by atoms with Gasteiger partial charge in [-0.25, -0.2) is 0 Å². The molecule has 0 aromatic carbocycles. The quantitative estimate of drug-likeness (QED) is 0.874. The molecule has 2 nitrogen and oxygen atoms in total. The molecule has 0 amide bonds. The standard InChI is InChI=1S/C13H21NOS/c1-10-2-4-12(5-3-10)15-13(8-14)11-6-7-16-9-11/h6-7,9-10,12-13H,2-5,8,14H2,1H3. The fourth-order valence-corrected chi connectivity index (χ4v) is 3.03. The summed E-state index contributed by atoms with van der Waals surface area (Å²) in [6, 6.07) is 2.12. The summed E-state index contributed by atoms with van der Waals surface area (Å²) < 4.78 is 6.11. The lowest BCUT2D eigenvalue weighted by atomic mass is 9.89. The summed E-state index contributed by atoms with van der Waals surface area (Å²) in [4.78, 5) is 0. The van der Waals surface area contributed by atoms with Crippen molar-refractivity contribution in [3.05, 3.63) is 22.4 Å². The molecule has 90 valence electrons. The van der Waals surface area contributed by atoms with Crippen molar-refractivity contribution in [2.45, 2.75) is 44.8 Å². The Hall–Kier alpha value is -0.380. The maximum atomic E-state index is 6.11. The van der Waals surface area contributed by atoms with E-state index in [0.29, 0.717) is 12.6 Å². The van der Waals surface area contributed by atoms with Crippen molar-refractivity contribution in [2.75, 3.05) is 6.54 Å². The van der Waals surface area contributed by atoms with Crippen LogP contribution in [-0.2, 0) is 4.74 Å². The average Bonchev–Trinajstić information content (AvgIpc) is 2.82. The molecule has 2 N–H and O–H groups in total. The van der Waals surface area contributed by atoms with Gasteiger partial charge in [-0.05, 0) is 54.0 Å². The van der Waals surface area contributed by atoms with Crippen molar-refractivity contribution < 1.29 is 4.74 Å². The number of nitrogens with two attached hydrogens (primary N) is 1. The lowest BCUT2D eigenvalue weighted by molar-refractivity contribution is -0.0326. The number of hydrogen-bond donors (Lipinski definition) is 1. The molecule has 1 aliphatic rings. The minimum absolute atomic E-state index is 0.102. The summed E-state index contributed by atoms with van der Waals surface area (Å²) in [5.74, 6) is 0.873. The molecule has 2 rings (SSSR count). The fourth-order valence-electron chi connectivity index (χ4n) is 2.33. The Labute approximate surface area is 102 Å². The van der Waals surface area contributed by atoms with E-state index in [4.69, 9.17) is 10.5 Å². The van der Waals surface area contributed by atoms with Crippen molar-refractivity contribution >= 4 is 11.3 Å². The minimum Gasteiger partial charge on any atom is -0.369 e. The third kappa shape index (κ3) is 3.06. The van der Waals surface area contributed by atoms with Crippen LogP contribution in [0.4, 0.5) is 0 Å². The van der Waals surface area contributed by atoms with Gasteiger partial charge in [-0.1, -0.05) is 6.92 Å². The first-order valence-corrected chi connectivity index (χ1v) is 7.11.